The number of ether oxygens (including phenoxy) is 3. The van der Waals surface area contributed by atoms with Gasteiger partial charge in [0, 0.05) is 55.4 Å². The predicted octanol–water partition coefficient (Wildman–Crippen LogP) is 6.72. The number of benzene rings is 3. The van der Waals surface area contributed by atoms with E-state index in [2.05, 4.69) is 40.8 Å². The number of alkyl halides is 3. The highest BCUT2D eigenvalue weighted by Gasteiger charge is 2.31. The summed E-state index contributed by atoms with van der Waals surface area (Å²) in [6, 6.07) is 21.7. The zero-order chi connectivity index (χ0) is 33.1. The molecule has 0 saturated carbocycles. The fourth-order valence-electron chi connectivity index (χ4n) is 6.02. The van der Waals surface area contributed by atoms with Crippen molar-refractivity contribution in [1.82, 2.24) is 14.5 Å². The average molecular weight is 652 g/mol. The van der Waals surface area contributed by atoms with Gasteiger partial charge in [-0.2, -0.15) is 13.2 Å². The predicted molar refractivity (Wildman–Crippen MR) is 169 cm³/mol. The second kappa shape index (κ2) is 13.5. The largest absolute Gasteiger partial charge is 0.490 e. The quantitative estimate of drug-likeness (QED) is 0.138. The van der Waals surface area contributed by atoms with Crippen molar-refractivity contribution in [3.63, 3.8) is 0 Å². The number of nitrogens with zero attached hydrogens (tertiary/aromatic N) is 5. The van der Waals surface area contributed by atoms with Crippen LogP contribution in [0, 0.1) is 10.1 Å². The lowest BCUT2D eigenvalue weighted by atomic mass is 10.0. The minimum atomic E-state index is -4.35. The lowest BCUT2D eigenvalue weighted by molar-refractivity contribution is -0.389. The molecular weight excluding hydrogens is 615 g/mol. The zero-order valence-corrected chi connectivity index (χ0v) is 26.1. The van der Waals surface area contributed by atoms with Gasteiger partial charge in [0.25, 0.3) is 0 Å². The first kappa shape index (κ1) is 32.2. The summed E-state index contributed by atoms with van der Waals surface area (Å²) in [6.07, 6.45) is -2.53. The molecule has 6 rings (SSSR count). The highest BCUT2D eigenvalue weighted by Crippen LogP contribution is 2.30. The van der Waals surface area contributed by atoms with Crippen LogP contribution in [0.2, 0.25) is 0 Å². The van der Waals surface area contributed by atoms with Crippen molar-refractivity contribution in [3.8, 4) is 17.5 Å². The Morgan fingerprint density at radius 1 is 0.915 bits per heavy atom. The summed E-state index contributed by atoms with van der Waals surface area (Å²) >= 11 is 0. The molecule has 0 aliphatic carbocycles. The highest BCUT2D eigenvalue weighted by molar-refractivity contribution is 5.50. The number of rotatable bonds is 10. The molecule has 3 heterocycles. The van der Waals surface area contributed by atoms with Crippen molar-refractivity contribution in [1.29, 1.82) is 0 Å². The van der Waals surface area contributed by atoms with Gasteiger partial charge in [0.05, 0.1) is 5.56 Å². The van der Waals surface area contributed by atoms with E-state index in [0.29, 0.717) is 43.0 Å². The van der Waals surface area contributed by atoms with Gasteiger partial charge in [-0.3, -0.25) is 9.47 Å². The molecule has 2 aliphatic rings. The molecule has 0 amide bonds. The average Bonchev–Trinajstić information content (AvgIpc) is 3.49. The molecule has 3 aromatic carbocycles. The van der Waals surface area contributed by atoms with E-state index in [1.807, 2.05) is 36.4 Å². The first-order valence-electron chi connectivity index (χ1n) is 15.5. The Hall–Kier alpha value is -4.78. The third-order valence-corrected chi connectivity index (χ3v) is 8.59. The molecule has 1 saturated heterocycles. The second-order valence-electron chi connectivity index (χ2n) is 12.1. The van der Waals surface area contributed by atoms with Gasteiger partial charge < -0.3 is 29.2 Å². The lowest BCUT2D eigenvalue weighted by Crippen LogP contribution is -2.56. The molecule has 4 aromatic rings. The van der Waals surface area contributed by atoms with Gasteiger partial charge >= 0.3 is 18.0 Å². The molecule has 1 unspecified atom stereocenters. The minimum Gasteiger partial charge on any atom is -0.490 e. The smallest absolute Gasteiger partial charge is 0.416 e. The number of anilines is 1. The number of aryl methyl sites for hydroxylation is 1. The van der Waals surface area contributed by atoms with E-state index in [1.165, 1.54) is 18.3 Å². The van der Waals surface area contributed by atoms with Crippen LogP contribution in [0.5, 0.6) is 17.5 Å². The fraction of sp³-hybridized carbons (Fsp3) is 0.382. The topological polar surface area (TPSA) is 95.1 Å². The van der Waals surface area contributed by atoms with Crippen LogP contribution < -0.4 is 19.1 Å². The Bertz CT molecular complexity index is 1650. The molecule has 1 aromatic heterocycles. The molecule has 0 radical (unpaired) electrons. The number of imidazole rings is 1. The van der Waals surface area contributed by atoms with Gasteiger partial charge in [-0.1, -0.05) is 24.3 Å². The monoisotopic (exact) mass is 651 g/mol. The number of aromatic nitrogens is 2. The van der Waals surface area contributed by atoms with E-state index < -0.39 is 16.7 Å². The Labute approximate surface area is 270 Å². The van der Waals surface area contributed by atoms with E-state index in [1.54, 1.807) is 4.57 Å². The Kier molecular flexibility index (Phi) is 9.26. The summed E-state index contributed by atoms with van der Waals surface area (Å²) in [5.74, 6) is 1.17. The third-order valence-electron chi connectivity index (χ3n) is 8.59. The van der Waals surface area contributed by atoms with Gasteiger partial charge in [-0.25, -0.2) is 0 Å². The summed E-state index contributed by atoms with van der Waals surface area (Å²) in [4.78, 5) is 19.3. The second-order valence-corrected chi connectivity index (χ2v) is 12.1. The number of nitro groups is 1. The Balaban J connectivity index is 0.963. The number of halogens is 3. The third kappa shape index (κ3) is 7.79. The summed E-state index contributed by atoms with van der Waals surface area (Å²) in [5, 5.41) is 11.0. The summed E-state index contributed by atoms with van der Waals surface area (Å²) in [5.41, 5.74) is 2.27. The highest BCUT2D eigenvalue weighted by atomic mass is 19.4. The maximum Gasteiger partial charge on any atom is 0.416 e. The molecule has 0 spiro atoms. The van der Waals surface area contributed by atoms with Crippen LogP contribution in [-0.2, 0) is 25.9 Å². The number of fused-ring (bicyclic) bond motifs is 1. The van der Waals surface area contributed by atoms with E-state index in [9.17, 15) is 23.3 Å². The lowest BCUT2D eigenvalue weighted by Gasteiger charge is -2.45. The van der Waals surface area contributed by atoms with Crippen LogP contribution in [0.15, 0.2) is 79.0 Å². The van der Waals surface area contributed by atoms with Crippen molar-refractivity contribution in [2.24, 2.45) is 0 Å². The van der Waals surface area contributed by atoms with Gasteiger partial charge in [-0.15, -0.1) is 0 Å². The molecule has 1 fully saturated rings. The standard InChI is InChI=1S/C34H36F3N5O5/c1-23-17-40(28-9-13-30(14-10-28)46-22-31-15-16-39-20-32(42(43)44)38-33(39)47-31)18-24(2)41(23)19-25-5-11-29(12-6-25)45-21-26-3-7-27(8-4-26)34(35,36)37/h3-14,20,23-24,31H,15-19,21-22H2,1-2H3/t23-,24+,31?. The van der Waals surface area contributed by atoms with Crippen LogP contribution in [0.25, 0.3) is 0 Å². The molecule has 0 bridgehead atoms. The SMILES string of the molecule is C[C@@H]1CN(c2ccc(OCC3CCn4cc([N+](=O)[O-])nc4O3)cc2)C[C@H](C)N1Cc1ccc(OCc2ccc(C(F)(F)F)cc2)cc1. The van der Waals surface area contributed by atoms with Gasteiger partial charge in [0.1, 0.15) is 37.0 Å². The Morgan fingerprint density at radius 3 is 2.17 bits per heavy atom. The van der Waals surface area contributed by atoms with Gasteiger partial charge in [0.15, 0.2) is 0 Å². The van der Waals surface area contributed by atoms with E-state index in [4.69, 9.17) is 14.2 Å². The van der Waals surface area contributed by atoms with Crippen molar-refractivity contribution in [2.45, 2.75) is 64.3 Å². The fourth-order valence-corrected chi connectivity index (χ4v) is 6.02. The molecule has 248 valence electrons. The first-order chi connectivity index (χ1) is 22.5. The maximum atomic E-state index is 12.8. The summed E-state index contributed by atoms with van der Waals surface area (Å²) in [7, 11) is 0. The minimum absolute atomic E-state index is 0.191. The molecule has 47 heavy (non-hydrogen) atoms. The van der Waals surface area contributed by atoms with Crippen LogP contribution in [0.1, 0.15) is 37.0 Å². The van der Waals surface area contributed by atoms with E-state index >= 15 is 0 Å². The van der Waals surface area contributed by atoms with E-state index in [0.717, 1.165) is 48.8 Å². The number of hydrogen-bond acceptors (Lipinski definition) is 8. The first-order valence-corrected chi connectivity index (χ1v) is 15.5. The summed E-state index contributed by atoms with van der Waals surface area (Å²) in [6.45, 7) is 8.08. The van der Waals surface area contributed by atoms with Gasteiger partial charge in [0.2, 0.25) is 0 Å². The number of piperazine rings is 1. The molecule has 10 nitrogen and oxygen atoms in total. The van der Waals surface area contributed by atoms with E-state index in [-0.39, 0.29) is 24.5 Å². The van der Waals surface area contributed by atoms with Crippen LogP contribution in [-0.4, -0.2) is 57.3 Å². The van der Waals surface area contributed by atoms with Crippen molar-refractivity contribution >= 4 is 11.5 Å². The van der Waals surface area contributed by atoms with Crippen LogP contribution in [0.3, 0.4) is 0 Å². The number of hydrogen-bond donors (Lipinski definition) is 0. The molecule has 13 heteroatoms. The van der Waals surface area contributed by atoms with Crippen LogP contribution in [0.4, 0.5) is 24.7 Å². The molecule has 0 N–H and O–H groups in total. The zero-order valence-electron chi connectivity index (χ0n) is 26.1. The van der Waals surface area contributed by atoms with Crippen LogP contribution >= 0.6 is 0 Å². The maximum absolute atomic E-state index is 12.8. The molecular formula is C34H36F3N5O5. The van der Waals surface area contributed by atoms with Crippen molar-refractivity contribution in [3.05, 3.63) is 106 Å². The molecule has 2 aliphatic heterocycles. The normalized spacial score (nSPS) is 19.9. The van der Waals surface area contributed by atoms with Gasteiger partial charge in [-0.05, 0) is 78.4 Å². The Morgan fingerprint density at radius 2 is 1.53 bits per heavy atom. The molecule has 3 atom stereocenters. The summed E-state index contributed by atoms with van der Waals surface area (Å²) < 4.78 is 57.6. The van der Waals surface area contributed by atoms with Crippen molar-refractivity contribution in [2.75, 3.05) is 24.6 Å². The van der Waals surface area contributed by atoms with Crippen molar-refractivity contribution < 1.29 is 32.3 Å².